The predicted molar refractivity (Wildman–Crippen MR) is 90.1 cm³/mol. The summed E-state index contributed by atoms with van der Waals surface area (Å²) in [6.07, 6.45) is 4.44. The number of hydrogen-bond donors (Lipinski definition) is 1. The third-order valence-electron chi connectivity index (χ3n) is 4.51. The van der Waals surface area contributed by atoms with Crippen LogP contribution in [0.2, 0.25) is 0 Å². The van der Waals surface area contributed by atoms with Crippen LogP contribution in [-0.4, -0.2) is 64.9 Å². The Bertz CT molecular complexity index is 459. The SMILES string of the molecule is CC(C)(C)OC(=O)N1CCC(C#CCCO)(N2CCCC2)CC1. The van der Waals surface area contributed by atoms with Crippen molar-refractivity contribution in [1.82, 2.24) is 9.80 Å². The number of aliphatic hydroxyl groups is 1. The van der Waals surface area contributed by atoms with Crippen molar-refractivity contribution in [2.75, 3.05) is 32.8 Å². The lowest BCUT2D eigenvalue weighted by Crippen LogP contribution is -2.55. The Hall–Kier alpha value is -1.25. The Morgan fingerprint density at radius 1 is 1.17 bits per heavy atom. The number of piperidine rings is 1. The van der Waals surface area contributed by atoms with Gasteiger partial charge >= 0.3 is 6.09 Å². The van der Waals surface area contributed by atoms with E-state index in [4.69, 9.17) is 9.84 Å². The predicted octanol–water partition coefficient (Wildman–Crippen LogP) is 2.24. The molecule has 5 heteroatoms. The van der Waals surface area contributed by atoms with Crippen molar-refractivity contribution in [1.29, 1.82) is 0 Å². The molecule has 0 atom stereocenters. The molecule has 2 fully saturated rings. The van der Waals surface area contributed by atoms with E-state index in [1.807, 2.05) is 20.8 Å². The minimum atomic E-state index is -0.457. The molecule has 5 nitrogen and oxygen atoms in total. The highest BCUT2D eigenvalue weighted by molar-refractivity contribution is 5.68. The fourth-order valence-corrected chi connectivity index (χ4v) is 3.33. The average molecular weight is 322 g/mol. The topological polar surface area (TPSA) is 53.0 Å². The summed E-state index contributed by atoms with van der Waals surface area (Å²) in [5.41, 5.74) is -0.592. The number of rotatable bonds is 2. The van der Waals surface area contributed by atoms with Crippen molar-refractivity contribution >= 4 is 6.09 Å². The lowest BCUT2D eigenvalue weighted by atomic mass is 9.86. The number of nitrogens with zero attached hydrogens (tertiary/aromatic N) is 2. The van der Waals surface area contributed by atoms with Gasteiger partial charge in [-0.3, -0.25) is 4.90 Å². The summed E-state index contributed by atoms with van der Waals surface area (Å²) in [7, 11) is 0. The first-order valence-corrected chi connectivity index (χ1v) is 8.70. The molecule has 0 radical (unpaired) electrons. The van der Waals surface area contributed by atoms with Gasteiger partial charge in [0.2, 0.25) is 0 Å². The van der Waals surface area contributed by atoms with Gasteiger partial charge in [0, 0.05) is 19.5 Å². The monoisotopic (exact) mass is 322 g/mol. The zero-order valence-electron chi connectivity index (χ0n) is 14.7. The van der Waals surface area contributed by atoms with Crippen LogP contribution in [0.15, 0.2) is 0 Å². The van der Waals surface area contributed by atoms with Gasteiger partial charge in [-0.05, 0) is 59.5 Å². The van der Waals surface area contributed by atoms with Crippen LogP contribution in [0.3, 0.4) is 0 Å². The number of hydrogen-bond acceptors (Lipinski definition) is 4. The van der Waals surface area contributed by atoms with Gasteiger partial charge in [-0.2, -0.15) is 0 Å². The number of likely N-dealkylation sites (tertiary alicyclic amines) is 2. The van der Waals surface area contributed by atoms with Gasteiger partial charge in [-0.25, -0.2) is 4.79 Å². The second kappa shape index (κ2) is 7.55. The lowest BCUT2D eigenvalue weighted by molar-refractivity contribution is 0.00916. The van der Waals surface area contributed by atoms with Gasteiger partial charge in [0.15, 0.2) is 0 Å². The Morgan fingerprint density at radius 3 is 2.30 bits per heavy atom. The first-order chi connectivity index (χ1) is 10.9. The highest BCUT2D eigenvalue weighted by Gasteiger charge is 2.41. The molecule has 0 spiro atoms. The van der Waals surface area contributed by atoms with Gasteiger partial charge in [0.1, 0.15) is 5.60 Å². The minimum Gasteiger partial charge on any atom is -0.444 e. The summed E-state index contributed by atoms with van der Waals surface area (Å²) in [6.45, 7) is 9.31. The molecule has 0 unspecified atom stereocenters. The van der Waals surface area contributed by atoms with Gasteiger partial charge in [0.25, 0.3) is 0 Å². The van der Waals surface area contributed by atoms with Gasteiger partial charge in [0.05, 0.1) is 12.1 Å². The zero-order valence-corrected chi connectivity index (χ0v) is 14.7. The molecule has 2 saturated heterocycles. The Kier molecular flexibility index (Phi) is 5.94. The zero-order chi connectivity index (χ0) is 16.9. The van der Waals surface area contributed by atoms with Crippen molar-refractivity contribution in [2.45, 2.75) is 64.0 Å². The summed E-state index contributed by atoms with van der Waals surface area (Å²) < 4.78 is 5.47. The van der Waals surface area contributed by atoms with Crippen LogP contribution < -0.4 is 0 Å². The molecule has 2 aliphatic heterocycles. The third kappa shape index (κ3) is 4.86. The molecular weight excluding hydrogens is 292 g/mol. The molecule has 1 N–H and O–H groups in total. The normalized spacial score (nSPS) is 21.7. The third-order valence-corrected chi connectivity index (χ3v) is 4.51. The van der Waals surface area contributed by atoms with E-state index in [1.165, 1.54) is 12.8 Å². The molecule has 0 bridgehead atoms. The van der Waals surface area contributed by atoms with Gasteiger partial charge in [-0.1, -0.05) is 11.8 Å². The van der Waals surface area contributed by atoms with Crippen LogP contribution in [0, 0.1) is 11.8 Å². The van der Waals surface area contributed by atoms with Crippen molar-refractivity contribution in [3.63, 3.8) is 0 Å². The van der Waals surface area contributed by atoms with Crippen LogP contribution in [0.4, 0.5) is 4.79 Å². The molecule has 130 valence electrons. The van der Waals surface area contributed by atoms with Crippen LogP contribution in [0.5, 0.6) is 0 Å². The second-order valence-electron chi connectivity index (χ2n) is 7.47. The maximum atomic E-state index is 12.2. The number of amides is 1. The molecule has 23 heavy (non-hydrogen) atoms. The molecule has 0 aromatic heterocycles. The fourth-order valence-electron chi connectivity index (χ4n) is 3.33. The number of carbonyl (C=O) groups is 1. The quantitative estimate of drug-likeness (QED) is 0.792. The first kappa shape index (κ1) is 18.1. The van der Waals surface area contributed by atoms with E-state index in [2.05, 4.69) is 16.7 Å². The Balaban J connectivity index is 2.02. The molecular formula is C18H30N2O3. The van der Waals surface area contributed by atoms with Crippen LogP contribution >= 0.6 is 0 Å². The molecule has 0 aliphatic carbocycles. The van der Waals surface area contributed by atoms with E-state index in [-0.39, 0.29) is 18.2 Å². The van der Waals surface area contributed by atoms with Crippen LogP contribution in [0.25, 0.3) is 0 Å². The summed E-state index contributed by atoms with van der Waals surface area (Å²) in [6, 6.07) is 0. The van der Waals surface area contributed by atoms with Crippen molar-refractivity contribution in [2.24, 2.45) is 0 Å². The number of aliphatic hydroxyl groups excluding tert-OH is 1. The number of carbonyl (C=O) groups excluding carboxylic acids is 1. The van der Waals surface area contributed by atoms with E-state index in [0.29, 0.717) is 19.5 Å². The molecule has 2 heterocycles. The summed E-state index contributed by atoms with van der Waals surface area (Å²) in [4.78, 5) is 16.5. The van der Waals surface area contributed by atoms with E-state index >= 15 is 0 Å². The molecule has 0 aromatic carbocycles. The maximum Gasteiger partial charge on any atom is 0.410 e. The molecule has 0 saturated carbocycles. The number of ether oxygens (including phenoxy) is 1. The van der Waals surface area contributed by atoms with Crippen molar-refractivity contribution < 1.29 is 14.6 Å². The van der Waals surface area contributed by atoms with Crippen LogP contribution in [0.1, 0.15) is 52.9 Å². The fraction of sp³-hybridized carbons (Fsp3) is 0.833. The molecule has 1 amide bonds. The maximum absolute atomic E-state index is 12.2. The van der Waals surface area contributed by atoms with E-state index in [1.54, 1.807) is 4.90 Å². The average Bonchev–Trinajstić information content (AvgIpc) is 3.01. The Labute approximate surface area is 140 Å². The highest BCUT2D eigenvalue weighted by Crippen LogP contribution is 2.32. The molecule has 2 rings (SSSR count). The van der Waals surface area contributed by atoms with E-state index in [0.717, 1.165) is 25.9 Å². The smallest absolute Gasteiger partial charge is 0.410 e. The summed E-state index contributed by atoms with van der Waals surface area (Å²) >= 11 is 0. The largest absolute Gasteiger partial charge is 0.444 e. The standard InChI is InChI=1S/C18H30N2O3/c1-17(2,3)23-16(22)19-13-9-18(10-14-19,8-4-7-15-21)20-11-5-6-12-20/h21H,5-7,9-15H2,1-3H3. The first-order valence-electron chi connectivity index (χ1n) is 8.70. The highest BCUT2D eigenvalue weighted by atomic mass is 16.6. The van der Waals surface area contributed by atoms with E-state index < -0.39 is 5.60 Å². The van der Waals surface area contributed by atoms with Crippen molar-refractivity contribution in [3.05, 3.63) is 0 Å². The Morgan fingerprint density at radius 2 is 1.78 bits per heavy atom. The van der Waals surface area contributed by atoms with Gasteiger partial charge in [-0.15, -0.1) is 0 Å². The second-order valence-corrected chi connectivity index (χ2v) is 7.47. The molecule has 0 aromatic rings. The van der Waals surface area contributed by atoms with E-state index in [9.17, 15) is 4.79 Å². The van der Waals surface area contributed by atoms with Gasteiger partial charge < -0.3 is 14.7 Å². The molecule has 2 aliphatic rings. The minimum absolute atomic E-state index is 0.104. The van der Waals surface area contributed by atoms with Crippen LogP contribution in [-0.2, 0) is 4.74 Å². The lowest BCUT2D eigenvalue weighted by Gasteiger charge is -2.44. The summed E-state index contributed by atoms with van der Waals surface area (Å²) in [5.74, 6) is 6.55. The summed E-state index contributed by atoms with van der Waals surface area (Å²) in [5, 5.41) is 8.98. The van der Waals surface area contributed by atoms with Crippen molar-refractivity contribution in [3.8, 4) is 11.8 Å².